The molecular weight excluding hydrogens is 265 g/mol. The van der Waals surface area contributed by atoms with Crippen LogP contribution in [0.5, 0.6) is 5.75 Å². The van der Waals surface area contributed by atoms with Crippen molar-refractivity contribution in [3.8, 4) is 5.75 Å². The van der Waals surface area contributed by atoms with E-state index in [1.54, 1.807) is 0 Å². The third-order valence-electron chi connectivity index (χ3n) is 2.29. The first-order valence-corrected chi connectivity index (χ1v) is 5.04. The van der Waals surface area contributed by atoms with Crippen molar-refractivity contribution in [3.63, 3.8) is 0 Å². The Morgan fingerprint density at radius 3 is 2.74 bits per heavy atom. The fourth-order valence-corrected chi connectivity index (χ4v) is 1.60. The molecule has 0 aliphatic heterocycles. The zero-order valence-corrected chi connectivity index (χ0v) is 9.27. The van der Waals surface area contributed by atoms with E-state index in [4.69, 9.17) is 0 Å². The van der Waals surface area contributed by atoms with Crippen LogP contribution in [0.4, 0.5) is 13.2 Å². The zero-order chi connectivity index (χ0) is 14.0. The first kappa shape index (κ1) is 12.9. The van der Waals surface area contributed by atoms with Gasteiger partial charge in [-0.15, -0.1) is 13.2 Å². The van der Waals surface area contributed by atoms with Gasteiger partial charge in [0.25, 0.3) is 0 Å². The average molecular weight is 272 g/mol. The number of nitro groups is 1. The molecule has 0 radical (unpaired) electrons. The summed E-state index contributed by atoms with van der Waals surface area (Å²) in [6, 6.07) is 3.71. The summed E-state index contributed by atoms with van der Waals surface area (Å²) in [5.41, 5.74) is 0.898. The number of aromatic amines is 1. The van der Waals surface area contributed by atoms with E-state index in [9.17, 15) is 23.3 Å². The van der Waals surface area contributed by atoms with Crippen LogP contribution in [0.1, 0.15) is 5.56 Å². The summed E-state index contributed by atoms with van der Waals surface area (Å²) in [6.45, 7) is 0. The van der Waals surface area contributed by atoms with Crippen molar-refractivity contribution in [2.75, 3.05) is 0 Å². The van der Waals surface area contributed by atoms with E-state index < -0.39 is 11.3 Å². The Balaban J connectivity index is 2.34. The molecule has 19 heavy (non-hydrogen) atoms. The van der Waals surface area contributed by atoms with E-state index in [0.717, 1.165) is 12.3 Å². The highest BCUT2D eigenvalue weighted by Crippen LogP contribution is 2.28. The molecule has 100 valence electrons. The van der Waals surface area contributed by atoms with E-state index >= 15 is 0 Å². The monoisotopic (exact) mass is 272 g/mol. The number of halogens is 3. The molecule has 0 spiro atoms. The Morgan fingerprint density at radius 1 is 1.37 bits per heavy atom. The molecule has 8 heteroatoms. The minimum atomic E-state index is -4.76. The van der Waals surface area contributed by atoms with Gasteiger partial charge in [-0.3, -0.25) is 10.1 Å². The zero-order valence-electron chi connectivity index (χ0n) is 9.27. The first-order chi connectivity index (χ1) is 8.85. The quantitative estimate of drug-likeness (QED) is 0.688. The van der Waals surface area contributed by atoms with Crippen LogP contribution >= 0.6 is 0 Å². The number of fused-ring (bicyclic) bond motifs is 1. The number of ether oxygens (including phenoxy) is 1. The molecule has 1 N–H and O–H groups in total. The molecule has 1 heterocycles. The summed E-state index contributed by atoms with van der Waals surface area (Å²) in [4.78, 5) is 12.3. The lowest BCUT2D eigenvalue weighted by Crippen LogP contribution is -2.16. The number of alkyl halides is 3. The van der Waals surface area contributed by atoms with E-state index in [1.807, 2.05) is 0 Å². The second kappa shape index (κ2) is 4.63. The molecule has 0 unspecified atom stereocenters. The van der Waals surface area contributed by atoms with Crippen LogP contribution in [-0.4, -0.2) is 16.3 Å². The van der Waals surface area contributed by atoms with Gasteiger partial charge in [-0.25, -0.2) is 0 Å². The first-order valence-electron chi connectivity index (χ1n) is 5.04. The van der Waals surface area contributed by atoms with Crippen molar-refractivity contribution in [3.05, 3.63) is 46.3 Å². The van der Waals surface area contributed by atoms with Gasteiger partial charge >= 0.3 is 6.36 Å². The van der Waals surface area contributed by atoms with Gasteiger partial charge in [0, 0.05) is 34.8 Å². The maximum Gasteiger partial charge on any atom is 0.573 e. The Hall–Kier alpha value is -2.51. The highest BCUT2D eigenvalue weighted by molar-refractivity contribution is 5.89. The van der Waals surface area contributed by atoms with E-state index in [0.29, 0.717) is 16.5 Å². The standard InChI is InChI=1S/C11H7F3N2O3/c12-11(13,14)19-8-1-2-9-7(3-4-16(17)18)6-15-10(9)5-8/h1-6,15H. The summed E-state index contributed by atoms with van der Waals surface area (Å²) in [6.07, 6.45) is -1.29. The normalized spacial score (nSPS) is 12.2. The molecule has 0 aliphatic carbocycles. The summed E-state index contributed by atoms with van der Waals surface area (Å²) in [5, 5.41) is 10.8. The number of nitrogens with one attached hydrogen (secondary N) is 1. The molecular formula is C11H7F3N2O3. The van der Waals surface area contributed by atoms with Crippen molar-refractivity contribution in [2.45, 2.75) is 6.36 Å². The minimum Gasteiger partial charge on any atom is -0.406 e. The predicted octanol–water partition coefficient (Wildman–Crippen LogP) is 3.31. The molecule has 0 saturated heterocycles. The summed E-state index contributed by atoms with van der Waals surface area (Å²) >= 11 is 0. The number of benzene rings is 1. The Bertz CT molecular complexity index is 646. The van der Waals surface area contributed by atoms with Crippen LogP contribution in [0.15, 0.2) is 30.6 Å². The van der Waals surface area contributed by atoms with Crippen LogP contribution in [0.2, 0.25) is 0 Å². The molecule has 5 nitrogen and oxygen atoms in total. The highest BCUT2D eigenvalue weighted by atomic mass is 19.4. The van der Waals surface area contributed by atoms with Gasteiger partial charge in [0.15, 0.2) is 0 Å². The van der Waals surface area contributed by atoms with Gasteiger partial charge in [0.2, 0.25) is 6.20 Å². The minimum absolute atomic E-state index is 0.355. The van der Waals surface area contributed by atoms with Crippen LogP contribution in [-0.2, 0) is 0 Å². The SMILES string of the molecule is O=[N+]([O-])C=Cc1c[nH]c2cc(OC(F)(F)F)ccc12. The van der Waals surface area contributed by atoms with Gasteiger partial charge in [-0.2, -0.15) is 0 Å². The van der Waals surface area contributed by atoms with Crippen LogP contribution in [0, 0.1) is 10.1 Å². The van der Waals surface area contributed by atoms with Crippen molar-refractivity contribution < 1.29 is 22.8 Å². The Labute approximate surface area is 104 Å². The largest absolute Gasteiger partial charge is 0.573 e. The fraction of sp³-hybridized carbons (Fsp3) is 0.0909. The molecule has 0 atom stereocenters. The number of hydrogen-bond donors (Lipinski definition) is 1. The maximum atomic E-state index is 12.0. The molecule has 0 bridgehead atoms. The molecule has 2 rings (SSSR count). The Kier molecular flexibility index (Phi) is 3.16. The summed E-state index contributed by atoms with van der Waals surface area (Å²) in [7, 11) is 0. The molecule has 0 saturated carbocycles. The van der Waals surface area contributed by atoms with Crippen LogP contribution in [0.25, 0.3) is 17.0 Å². The van der Waals surface area contributed by atoms with Gasteiger partial charge in [-0.05, 0) is 12.1 Å². The van der Waals surface area contributed by atoms with Crippen molar-refractivity contribution >= 4 is 17.0 Å². The number of H-pyrrole nitrogens is 1. The number of hydrogen-bond acceptors (Lipinski definition) is 3. The summed E-state index contributed by atoms with van der Waals surface area (Å²) in [5.74, 6) is -0.355. The van der Waals surface area contributed by atoms with Crippen molar-refractivity contribution in [2.24, 2.45) is 0 Å². The molecule has 1 aromatic heterocycles. The van der Waals surface area contributed by atoms with Crippen LogP contribution in [0.3, 0.4) is 0 Å². The lowest BCUT2D eigenvalue weighted by molar-refractivity contribution is -0.400. The maximum absolute atomic E-state index is 12.0. The van der Waals surface area contributed by atoms with Gasteiger partial charge in [0.1, 0.15) is 5.75 Å². The number of aromatic nitrogens is 1. The smallest absolute Gasteiger partial charge is 0.406 e. The summed E-state index contributed by atoms with van der Waals surface area (Å²) < 4.78 is 39.9. The van der Waals surface area contributed by atoms with Gasteiger partial charge in [-0.1, -0.05) is 0 Å². The second-order valence-corrected chi connectivity index (χ2v) is 3.60. The second-order valence-electron chi connectivity index (χ2n) is 3.60. The third-order valence-corrected chi connectivity index (χ3v) is 2.29. The molecule has 0 fully saturated rings. The highest BCUT2D eigenvalue weighted by Gasteiger charge is 2.31. The topological polar surface area (TPSA) is 68.2 Å². The van der Waals surface area contributed by atoms with Gasteiger partial charge in [0.05, 0.1) is 4.92 Å². The van der Waals surface area contributed by atoms with Gasteiger partial charge < -0.3 is 9.72 Å². The predicted molar refractivity (Wildman–Crippen MR) is 61.0 cm³/mol. The Morgan fingerprint density at radius 2 is 2.11 bits per heavy atom. The molecule has 0 aliphatic rings. The fourth-order valence-electron chi connectivity index (χ4n) is 1.60. The van der Waals surface area contributed by atoms with Crippen molar-refractivity contribution in [1.29, 1.82) is 0 Å². The van der Waals surface area contributed by atoms with E-state index in [-0.39, 0.29) is 5.75 Å². The lowest BCUT2D eigenvalue weighted by Gasteiger charge is -2.08. The van der Waals surface area contributed by atoms with Crippen LogP contribution < -0.4 is 4.74 Å². The van der Waals surface area contributed by atoms with E-state index in [2.05, 4.69) is 9.72 Å². The number of nitrogens with zero attached hydrogens (tertiary/aromatic N) is 1. The van der Waals surface area contributed by atoms with E-state index in [1.165, 1.54) is 24.4 Å². The third kappa shape index (κ3) is 3.24. The number of rotatable bonds is 3. The lowest BCUT2D eigenvalue weighted by atomic mass is 10.1. The average Bonchev–Trinajstić information content (AvgIpc) is 2.66. The molecule has 2 aromatic rings. The van der Waals surface area contributed by atoms with Crippen molar-refractivity contribution in [1.82, 2.24) is 4.98 Å². The molecule has 0 amide bonds. The molecule has 1 aromatic carbocycles.